The van der Waals surface area contributed by atoms with Crippen LogP contribution in [0.25, 0.3) is 0 Å². The van der Waals surface area contributed by atoms with Gasteiger partial charge in [0, 0.05) is 13.2 Å². The summed E-state index contributed by atoms with van der Waals surface area (Å²) in [5, 5.41) is 13.0. The Morgan fingerprint density at radius 3 is 2.58 bits per heavy atom. The minimum Gasteiger partial charge on any atom is -0.491 e. The van der Waals surface area contributed by atoms with Crippen LogP contribution in [0.2, 0.25) is 0 Å². The number of rotatable bonds is 8. The summed E-state index contributed by atoms with van der Waals surface area (Å²) in [6, 6.07) is 18.0. The van der Waals surface area contributed by atoms with Gasteiger partial charge in [-0.25, -0.2) is 0 Å². The molecule has 0 amide bonds. The molecule has 1 saturated heterocycles. The van der Waals surface area contributed by atoms with Gasteiger partial charge in [-0.3, -0.25) is 0 Å². The van der Waals surface area contributed by atoms with Gasteiger partial charge in [0.15, 0.2) is 0 Å². The smallest absolute Gasteiger partial charge is 0.119 e. The van der Waals surface area contributed by atoms with Gasteiger partial charge in [0.05, 0.1) is 18.8 Å². The second-order valence-corrected chi connectivity index (χ2v) is 6.12. The number of hydrogen-bond acceptors (Lipinski definition) is 4. The molecule has 2 aromatic carbocycles. The fraction of sp³-hybridized carbons (Fsp3) is 0.400. The third-order valence-corrected chi connectivity index (χ3v) is 4.32. The molecule has 4 heteroatoms. The summed E-state index contributed by atoms with van der Waals surface area (Å²) in [4.78, 5) is 0. The summed E-state index contributed by atoms with van der Waals surface area (Å²) in [7, 11) is 0. The average molecular weight is 327 g/mol. The van der Waals surface area contributed by atoms with Crippen LogP contribution in [0.1, 0.15) is 30.0 Å². The molecule has 2 N–H and O–H groups in total. The molecule has 3 rings (SSSR count). The highest BCUT2D eigenvalue weighted by molar-refractivity contribution is 5.27. The Bertz CT molecular complexity index is 594. The number of benzene rings is 2. The molecule has 2 atom stereocenters. The van der Waals surface area contributed by atoms with Crippen LogP contribution in [0, 0.1) is 0 Å². The lowest BCUT2D eigenvalue weighted by molar-refractivity contribution is 0.0679. The predicted molar refractivity (Wildman–Crippen MR) is 94.0 cm³/mol. The first kappa shape index (κ1) is 17.0. The van der Waals surface area contributed by atoms with Crippen LogP contribution >= 0.6 is 0 Å². The van der Waals surface area contributed by atoms with Crippen LogP contribution in [-0.2, 0) is 11.3 Å². The Balaban J connectivity index is 1.48. The lowest BCUT2D eigenvalue weighted by atomic mass is 10.1. The van der Waals surface area contributed by atoms with Crippen molar-refractivity contribution in [1.29, 1.82) is 0 Å². The van der Waals surface area contributed by atoms with Crippen molar-refractivity contribution < 1.29 is 14.6 Å². The van der Waals surface area contributed by atoms with Gasteiger partial charge in [-0.15, -0.1) is 0 Å². The van der Waals surface area contributed by atoms with E-state index in [1.54, 1.807) is 0 Å². The molecule has 0 saturated carbocycles. The zero-order valence-corrected chi connectivity index (χ0v) is 13.9. The fourth-order valence-electron chi connectivity index (χ4n) is 2.88. The number of nitrogens with one attached hydrogen (secondary N) is 1. The van der Waals surface area contributed by atoms with Gasteiger partial charge in [-0.05, 0) is 36.1 Å². The zero-order valence-electron chi connectivity index (χ0n) is 13.9. The molecule has 0 aliphatic carbocycles. The molecule has 1 aliphatic heterocycles. The third-order valence-electron chi connectivity index (χ3n) is 4.32. The Kier molecular flexibility index (Phi) is 6.24. The largest absolute Gasteiger partial charge is 0.491 e. The maximum Gasteiger partial charge on any atom is 0.119 e. The van der Waals surface area contributed by atoms with Gasteiger partial charge < -0.3 is 19.9 Å². The second-order valence-electron chi connectivity index (χ2n) is 6.12. The van der Waals surface area contributed by atoms with Crippen molar-refractivity contribution in [2.45, 2.75) is 31.5 Å². The number of aliphatic hydroxyl groups excluding tert-OH is 1. The average Bonchev–Trinajstić information content (AvgIpc) is 3.16. The lowest BCUT2D eigenvalue weighted by Gasteiger charge is -2.17. The topological polar surface area (TPSA) is 50.7 Å². The first-order chi connectivity index (χ1) is 11.8. The van der Waals surface area contributed by atoms with Gasteiger partial charge in [0.25, 0.3) is 0 Å². The van der Waals surface area contributed by atoms with Crippen LogP contribution in [0.5, 0.6) is 5.75 Å². The lowest BCUT2D eigenvalue weighted by Crippen LogP contribution is -2.23. The standard InChI is InChI=1S/C20H25NO3/c22-14-20(17-5-2-1-3-6-17)21-13-16-8-10-18(11-9-16)24-15-19-7-4-12-23-19/h1-3,5-6,8-11,19-22H,4,7,12-15H2/t19?,20-/m1/s1. The quantitative estimate of drug-likeness (QED) is 0.782. The molecule has 0 bridgehead atoms. The Hall–Kier alpha value is -1.88. The minimum atomic E-state index is -0.0540. The molecule has 4 nitrogen and oxygen atoms in total. The maximum absolute atomic E-state index is 9.58. The Morgan fingerprint density at radius 1 is 1.12 bits per heavy atom. The van der Waals surface area contributed by atoms with E-state index in [4.69, 9.17) is 9.47 Å². The molecule has 2 aromatic rings. The van der Waals surface area contributed by atoms with E-state index in [2.05, 4.69) is 17.4 Å². The van der Waals surface area contributed by atoms with Crippen molar-refractivity contribution >= 4 is 0 Å². The second kappa shape index (κ2) is 8.83. The van der Waals surface area contributed by atoms with Crippen molar-refractivity contribution in [3.8, 4) is 5.75 Å². The van der Waals surface area contributed by atoms with E-state index in [-0.39, 0.29) is 18.8 Å². The zero-order chi connectivity index (χ0) is 16.6. The molecule has 0 radical (unpaired) electrons. The molecule has 24 heavy (non-hydrogen) atoms. The summed E-state index contributed by atoms with van der Waals surface area (Å²) < 4.78 is 11.3. The van der Waals surface area contributed by atoms with Crippen molar-refractivity contribution in [2.24, 2.45) is 0 Å². The molecule has 128 valence electrons. The van der Waals surface area contributed by atoms with E-state index in [0.717, 1.165) is 36.3 Å². The van der Waals surface area contributed by atoms with Gasteiger partial charge in [-0.1, -0.05) is 42.5 Å². The van der Waals surface area contributed by atoms with Gasteiger partial charge >= 0.3 is 0 Å². The summed E-state index contributed by atoms with van der Waals surface area (Å²) in [6.45, 7) is 2.25. The highest BCUT2D eigenvalue weighted by Crippen LogP contribution is 2.17. The molecule has 0 aromatic heterocycles. The highest BCUT2D eigenvalue weighted by atomic mass is 16.5. The minimum absolute atomic E-state index is 0.0540. The van der Waals surface area contributed by atoms with E-state index in [1.807, 2.05) is 42.5 Å². The first-order valence-corrected chi connectivity index (χ1v) is 8.57. The normalized spacial score (nSPS) is 18.5. The predicted octanol–water partition coefficient (Wildman–Crippen LogP) is 3.07. The van der Waals surface area contributed by atoms with Crippen molar-refractivity contribution in [1.82, 2.24) is 5.32 Å². The Morgan fingerprint density at radius 2 is 1.92 bits per heavy atom. The molecule has 1 aliphatic rings. The molecule has 1 heterocycles. The van der Waals surface area contributed by atoms with Gasteiger partial charge in [0.1, 0.15) is 12.4 Å². The van der Waals surface area contributed by atoms with Crippen molar-refractivity contribution in [3.63, 3.8) is 0 Å². The highest BCUT2D eigenvalue weighted by Gasteiger charge is 2.16. The fourth-order valence-corrected chi connectivity index (χ4v) is 2.88. The van der Waals surface area contributed by atoms with Crippen LogP contribution in [0.15, 0.2) is 54.6 Å². The summed E-state index contributed by atoms with van der Waals surface area (Å²) in [5.41, 5.74) is 2.25. The summed E-state index contributed by atoms with van der Waals surface area (Å²) in [5.74, 6) is 0.871. The molecular formula is C20H25NO3. The Labute approximate surface area is 143 Å². The SMILES string of the molecule is OC[C@@H](NCc1ccc(OCC2CCCO2)cc1)c1ccccc1. The summed E-state index contributed by atoms with van der Waals surface area (Å²) in [6.07, 6.45) is 2.46. The molecule has 1 unspecified atom stereocenters. The van der Waals surface area contributed by atoms with Crippen LogP contribution in [-0.4, -0.2) is 31.0 Å². The van der Waals surface area contributed by atoms with Gasteiger partial charge in [0.2, 0.25) is 0 Å². The molecule has 0 spiro atoms. The third kappa shape index (κ3) is 4.81. The van der Waals surface area contributed by atoms with Crippen molar-refractivity contribution in [3.05, 3.63) is 65.7 Å². The van der Waals surface area contributed by atoms with E-state index in [9.17, 15) is 5.11 Å². The van der Waals surface area contributed by atoms with E-state index in [1.165, 1.54) is 0 Å². The van der Waals surface area contributed by atoms with Crippen molar-refractivity contribution in [2.75, 3.05) is 19.8 Å². The van der Waals surface area contributed by atoms with Crippen LogP contribution < -0.4 is 10.1 Å². The number of ether oxygens (including phenoxy) is 2. The van der Waals surface area contributed by atoms with E-state index < -0.39 is 0 Å². The monoisotopic (exact) mass is 327 g/mol. The van der Waals surface area contributed by atoms with Crippen LogP contribution in [0.4, 0.5) is 0 Å². The first-order valence-electron chi connectivity index (χ1n) is 8.57. The number of aliphatic hydroxyl groups is 1. The van der Waals surface area contributed by atoms with E-state index in [0.29, 0.717) is 13.2 Å². The van der Waals surface area contributed by atoms with E-state index >= 15 is 0 Å². The molecular weight excluding hydrogens is 302 g/mol. The van der Waals surface area contributed by atoms with Gasteiger partial charge in [-0.2, -0.15) is 0 Å². The maximum atomic E-state index is 9.58. The number of hydrogen-bond donors (Lipinski definition) is 2. The van der Waals surface area contributed by atoms with Crippen LogP contribution in [0.3, 0.4) is 0 Å². The molecule has 1 fully saturated rings. The summed E-state index contributed by atoms with van der Waals surface area (Å²) >= 11 is 0.